The third-order valence-electron chi connectivity index (χ3n) is 2.34. The lowest BCUT2D eigenvalue weighted by molar-refractivity contribution is 1.20. The first-order chi connectivity index (χ1) is 7.77. The molecule has 1 rings (SSSR count). The van der Waals surface area contributed by atoms with E-state index < -0.39 is 0 Å². The maximum Gasteiger partial charge on any atom is 0.0643 e. The van der Waals surface area contributed by atoms with Gasteiger partial charge in [-0.05, 0) is 25.0 Å². The van der Waals surface area contributed by atoms with Crippen LogP contribution >= 0.6 is 0 Å². The number of allylic oxidation sites excluding steroid dienone is 4. The van der Waals surface area contributed by atoms with Crippen LogP contribution in [0.1, 0.15) is 25.8 Å². The highest BCUT2D eigenvalue weighted by atomic mass is 14.7. The Hall–Kier alpha value is -1.63. The summed E-state index contributed by atoms with van der Waals surface area (Å²) in [5.41, 5.74) is 3.45. The molecule has 0 radical (unpaired) electrons. The van der Waals surface area contributed by atoms with Crippen molar-refractivity contribution < 1.29 is 0 Å². The fourth-order valence-electron chi connectivity index (χ4n) is 1.51. The Morgan fingerprint density at radius 3 is 2.44 bits per heavy atom. The van der Waals surface area contributed by atoms with E-state index in [4.69, 9.17) is 0 Å². The van der Waals surface area contributed by atoms with Crippen LogP contribution in [0.5, 0.6) is 0 Å². The van der Waals surface area contributed by atoms with E-state index >= 15 is 0 Å². The number of benzene rings is 1. The molecule has 0 bridgehead atoms. The average molecular weight is 213 g/mol. The van der Waals surface area contributed by atoms with Crippen molar-refractivity contribution in [1.82, 2.24) is 0 Å². The zero-order chi connectivity index (χ0) is 11.8. The zero-order valence-corrected chi connectivity index (χ0v) is 10.3. The van der Waals surface area contributed by atoms with Crippen molar-refractivity contribution in [3.05, 3.63) is 59.7 Å². The summed E-state index contributed by atoms with van der Waals surface area (Å²) in [6, 6.07) is 10.2. The van der Waals surface area contributed by atoms with Crippen LogP contribution in [0.15, 0.2) is 59.1 Å². The summed E-state index contributed by atoms with van der Waals surface area (Å²) >= 11 is 0. The van der Waals surface area contributed by atoms with Gasteiger partial charge < -0.3 is 0 Å². The molecule has 1 aromatic carbocycles. The maximum atomic E-state index is 4.29. The minimum absolute atomic E-state index is 1.02. The van der Waals surface area contributed by atoms with Crippen LogP contribution in [0, 0.1) is 0 Å². The molecule has 16 heavy (non-hydrogen) atoms. The second kappa shape index (κ2) is 6.78. The van der Waals surface area contributed by atoms with Crippen molar-refractivity contribution in [2.24, 2.45) is 4.99 Å². The predicted molar refractivity (Wildman–Crippen MR) is 72.1 cm³/mol. The number of rotatable bonds is 4. The monoisotopic (exact) mass is 213 g/mol. The highest BCUT2D eigenvalue weighted by molar-refractivity contribution is 6.08. The Bertz CT molecular complexity index is 397. The summed E-state index contributed by atoms with van der Waals surface area (Å²) in [7, 11) is 1.82. The first kappa shape index (κ1) is 12.4. The van der Waals surface area contributed by atoms with Crippen molar-refractivity contribution in [1.29, 1.82) is 0 Å². The van der Waals surface area contributed by atoms with Gasteiger partial charge in [0.15, 0.2) is 0 Å². The lowest BCUT2D eigenvalue weighted by Gasteiger charge is -1.99. The van der Waals surface area contributed by atoms with Crippen LogP contribution in [0.4, 0.5) is 0 Å². The highest BCUT2D eigenvalue weighted by Gasteiger charge is 1.96. The molecule has 0 saturated heterocycles. The van der Waals surface area contributed by atoms with Crippen molar-refractivity contribution >= 4 is 5.71 Å². The Balaban J connectivity index is 2.83. The fraction of sp³-hybridized carbons (Fsp3) is 0.267. The van der Waals surface area contributed by atoms with E-state index in [9.17, 15) is 0 Å². The molecule has 0 spiro atoms. The molecule has 0 heterocycles. The second-order valence-corrected chi connectivity index (χ2v) is 3.66. The van der Waals surface area contributed by atoms with E-state index in [1.54, 1.807) is 0 Å². The lowest BCUT2D eigenvalue weighted by atomic mass is 10.1. The van der Waals surface area contributed by atoms with Gasteiger partial charge in [-0.25, -0.2) is 0 Å². The molecule has 1 heteroatoms. The van der Waals surface area contributed by atoms with Gasteiger partial charge in [-0.1, -0.05) is 55.0 Å². The molecule has 1 aromatic rings. The molecule has 0 fully saturated rings. The normalized spacial score (nSPS) is 13.4. The Morgan fingerprint density at radius 1 is 1.19 bits per heavy atom. The van der Waals surface area contributed by atoms with Crippen LogP contribution in [0.25, 0.3) is 0 Å². The van der Waals surface area contributed by atoms with Crippen LogP contribution in [0.3, 0.4) is 0 Å². The van der Waals surface area contributed by atoms with Gasteiger partial charge >= 0.3 is 0 Å². The smallest absolute Gasteiger partial charge is 0.0643 e. The SMILES string of the molecule is CC/C=C(C)/C=C\C(=N/C)c1ccccc1. The zero-order valence-electron chi connectivity index (χ0n) is 10.3. The van der Waals surface area contributed by atoms with E-state index in [1.807, 2.05) is 25.2 Å². The molecule has 0 amide bonds. The molecule has 0 aliphatic heterocycles. The van der Waals surface area contributed by atoms with Crippen molar-refractivity contribution in [3.8, 4) is 0 Å². The molecular formula is C15H19N. The maximum absolute atomic E-state index is 4.29. The van der Waals surface area contributed by atoms with Crippen molar-refractivity contribution in [2.75, 3.05) is 7.05 Å². The number of hydrogen-bond donors (Lipinski definition) is 0. The number of aliphatic imine (C=N–C) groups is 1. The summed E-state index contributed by atoms with van der Waals surface area (Å²) in [4.78, 5) is 4.29. The highest BCUT2D eigenvalue weighted by Crippen LogP contribution is 2.04. The topological polar surface area (TPSA) is 12.4 Å². The van der Waals surface area contributed by atoms with E-state index in [1.165, 1.54) is 5.57 Å². The molecule has 0 aliphatic carbocycles. The predicted octanol–water partition coefficient (Wildman–Crippen LogP) is 4.02. The van der Waals surface area contributed by atoms with Crippen molar-refractivity contribution in [3.63, 3.8) is 0 Å². The standard InChI is InChI=1S/C15H19N/c1-4-8-13(2)11-12-15(16-3)14-9-6-5-7-10-14/h5-12H,4H2,1-3H3/b12-11-,13-8+,16-15+. The quantitative estimate of drug-likeness (QED) is 0.529. The molecule has 0 atom stereocenters. The minimum Gasteiger partial charge on any atom is -0.288 e. The minimum atomic E-state index is 1.02. The number of nitrogens with zero attached hydrogens (tertiary/aromatic N) is 1. The average Bonchev–Trinajstić information content (AvgIpc) is 2.31. The second-order valence-electron chi connectivity index (χ2n) is 3.66. The molecule has 1 nitrogen and oxygen atoms in total. The van der Waals surface area contributed by atoms with E-state index in [-0.39, 0.29) is 0 Å². The van der Waals surface area contributed by atoms with Crippen molar-refractivity contribution in [2.45, 2.75) is 20.3 Å². The fourth-order valence-corrected chi connectivity index (χ4v) is 1.51. The van der Waals surface area contributed by atoms with E-state index in [0.29, 0.717) is 0 Å². The Labute approximate surface area is 98.2 Å². The summed E-state index contributed by atoms with van der Waals surface area (Å²) in [6.45, 7) is 4.25. The van der Waals surface area contributed by atoms with Gasteiger partial charge in [-0.2, -0.15) is 0 Å². The van der Waals surface area contributed by atoms with Crippen LogP contribution in [-0.4, -0.2) is 12.8 Å². The molecule has 0 saturated carbocycles. The molecule has 0 aromatic heterocycles. The number of hydrogen-bond acceptors (Lipinski definition) is 1. The van der Waals surface area contributed by atoms with Gasteiger partial charge in [-0.15, -0.1) is 0 Å². The third-order valence-corrected chi connectivity index (χ3v) is 2.34. The van der Waals surface area contributed by atoms with Crippen LogP contribution < -0.4 is 0 Å². The van der Waals surface area contributed by atoms with Crippen LogP contribution in [-0.2, 0) is 0 Å². The van der Waals surface area contributed by atoms with Gasteiger partial charge in [0.2, 0.25) is 0 Å². The van der Waals surface area contributed by atoms with E-state index in [0.717, 1.165) is 17.7 Å². The van der Waals surface area contributed by atoms with Gasteiger partial charge in [0.25, 0.3) is 0 Å². The summed E-state index contributed by atoms with van der Waals surface area (Å²) in [5, 5.41) is 0. The van der Waals surface area contributed by atoms with Gasteiger partial charge in [0.05, 0.1) is 5.71 Å². The molecule has 0 N–H and O–H groups in total. The molecular weight excluding hydrogens is 194 g/mol. The van der Waals surface area contributed by atoms with Crippen LogP contribution in [0.2, 0.25) is 0 Å². The summed E-state index contributed by atoms with van der Waals surface area (Å²) < 4.78 is 0. The summed E-state index contributed by atoms with van der Waals surface area (Å²) in [5.74, 6) is 0. The Kier molecular flexibility index (Phi) is 5.27. The van der Waals surface area contributed by atoms with Gasteiger partial charge in [0, 0.05) is 7.05 Å². The van der Waals surface area contributed by atoms with E-state index in [2.05, 4.69) is 49.2 Å². The first-order valence-electron chi connectivity index (χ1n) is 5.65. The lowest BCUT2D eigenvalue weighted by Crippen LogP contribution is -1.95. The molecule has 84 valence electrons. The largest absolute Gasteiger partial charge is 0.288 e. The summed E-state index contributed by atoms with van der Waals surface area (Å²) in [6.07, 6.45) is 7.45. The molecule has 0 unspecified atom stereocenters. The van der Waals surface area contributed by atoms with Gasteiger partial charge in [-0.3, -0.25) is 4.99 Å². The van der Waals surface area contributed by atoms with Gasteiger partial charge in [0.1, 0.15) is 0 Å². The molecule has 0 aliphatic rings. The third kappa shape index (κ3) is 3.85. The first-order valence-corrected chi connectivity index (χ1v) is 5.65. The Morgan fingerprint density at radius 2 is 1.88 bits per heavy atom.